The highest BCUT2D eigenvalue weighted by Crippen LogP contribution is 2.22. The third-order valence-electron chi connectivity index (χ3n) is 2.36. The lowest BCUT2D eigenvalue weighted by atomic mass is 10.2. The van der Waals surface area contributed by atoms with Gasteiger partial charge < -0.3 is 5.11 Å². The van der Waals surface area contributed by atoms with Gasteiger partial charge in [-0.15, -0.1) is 0 Å². The molecule has 2 N–H and O–H groups in total. The quantitative estimate of drug-likeness (QED) is 0.856. The SMILES string of the molecule is CCC(C#N)S(=O)(=O)Nc1ccc(C)c(O)c1. The molecule has 0 spiro atoms. The van der Waals surface area contributed by atoms with E-state index in [-0.39, 0.29) is 17.9 Å². The van der Waals surface area contributed by atoms with Crippen molar-refractivity contribution in [2.45, 2.75) is 25.5 Å². The van der Waals surface area contributed by atoms with Crippen LogP contribution in [0.2, 0.25) is 0 Å². The first-order valence-electron chi connectivity index (χ1n) is 5.11. The summed E-state index contributed by atoms with van der Waals surface area (Å²) in [5.74, 6) is 0.00945. The van der Waals surface area contributed by atoms with Crippen molar-refractivity contribution >= 4 is 15.7 Å². The average molecular weight is 254 g/mol. The zero-order valence-electron chi connectivity index (χ0n) is 9.64. The van der Waals surface area contributed by atoms with Crippen molar-refractivity contribution in [3.05, 3.63) is 23.8 Å². The van der Waals surface area contributed by atoms with Crippen molar-refractivity contribution < 1.29 is 13.5 Å². The van der Waals surface area contributed by atoms with Gasteiger partial charge in [0.25, 0.3) is 0 Å². The van der Waals surface area contributed by atoms with Crippen LogP contribution in [-0.4, -0.2) is 18.8 Å². The molecule has 6 heteroatoms. The fourth-order valence-electron chi connectivity index (χ4n) is 1.29. The summed E-state index contributed by atoms with van der Waals surface area (Å²) in [6, 6.07) is 6.18. The molecule has 0 radical (unpaired) electrons. The molecule has 92 valence electrons. The molecule has 0 saturated heterocycles. The van der Waals surface area contributed by atoms with Gasteiger partial charge in [-0.3, -0.25) is 4.72 Å². The highest BCUT2D eigenvalue weighted by Gasteiger charge is 2.23. The first kappa shape index (κ1) is 13.3. The van der Waals surface area contributed by atoms with E-state index in [0.29, 0.717) is 5.56 Å². The second-order valence-corrected chi connectivity index (χ2v) is 5.54. The van der Waals surface area contributed by atoms with Gasteiger partial charge in [-0.25, -0.2) is 8.42 Å². The Morgan fingerprint density at radius 2 is 2.18 bits per heavy atom. The van der Waals surface area contributed by atoms with Crippen LogP contribution < -0.4 is 4.72 Å². The molecular formula is C11H14N2O3S. The largest absolute Gasteiger partial charge is 0.508 e. The molecule has 0 aliphatic rings. The predicted octanol–water partition coefficient (Wildman–Crippen LogP) is 1.74. The van der Waals surface area contributed by atoms with Gasteiger partial charge in [0, 0.05) is 6.07 Å². The van der Waals surface area contributed by atoms with Crippen molar-refractivity contribution in [1.29, 1.82) is 5.26 Å². The van der Waals surface area contributed by atoms with E-state index in [4.69, 9.17) is 5.26 Å². The molecule has 0 aromatic heterocycles. The van der Waals surface area contributed by atoms with Crippen LogP contribution in [-0.2, 0) is 10.0 Å². The van der Waals surface area contributed by atoms with Crippen molar-refractivity contribution in [3.8, 4) is 11.8 Å². The highest BCUT2D eigenvalue weighted by molar-refractivity contribution is 7.93. The molecule has 0 heterocycles. The molecule has 1 atom stereocenters. The first-order valence-corrected chi connectivity index (χ1v) is 6.66. The van der Waals surface area contributed by atoms with E-state index < -0.39 is 15.3 Å². The molecular weight excluding hydrogens is 240 g/mol. The molecule has 0 amide bonds. The minimum atomic E-state index is -3.73. The summed E-state index contributed by atoms with van der Waals surface area (Å²) in [5, 5.41) is 17.1. The summed E-state index contributed by atoms with van der Waals surface area (Å²) in [4.78, 5) is 0. The number of nitrogens with one attached hydrogen (secondary N) is 1. The van der Waals surface area contributed by atoms with Crippen LogP contribution in [0, 0.1) is 18.3 Å². The molecule has 5 nitrogen and oxygen atoms in total. The lowest BCUT2D eigenvalue weighted by Gasteiger charge is -2.11. The fourth-order valence-corrected chi connectivity index (χ4v) is 2.46. The Bertz CT molecular complexity index is 546. The van der Waals surface area contributed by atoms with Gasteiger partial charge >= 0.3 is 0 Å². The van der Waals surface area contributed by atoms with Gasteiger partial charge in [0.15, 0.2) is 5.25 Å². The fraction of sp³-hybridized carbons (Fsp3) is 0.364. The standard InChI is InChI=1S/C11H14N2O3S/c1-3-10(7-12)17(15,16)13-9-5-4-8(2)11(14)6-9/h4-6,10,13-14H,3H2,1-2H3. The molecule has 0 fully saturated rings. The first-order chi connectivity index (χ1) is 7.90. The number of hydrogen-bond acceptors (Lipinski definition) is 4. The number of nitrogens with zero attached hydrogens (tertiary/aromatic N) is 1. The summed E-state index contributed by atoms with van der Waals surface area (Å²) in [6.07, 6.45) is 0.212. The maximum absolute atomic E-state index is 11.7. The van der Waals surface area contributed by atoms with Gasteiger partial charge in [-0.2, -0.15) is 5.26 Å². The summed E-state index contributed by atoms with van der Waals surface area (Å²) in [5.41, 5.74) is 0.905. The van der Waals surface area contributed by atoms with E-state index in [0.717, 1.165) is 0 Å². The van der Waals surface area contributed by atoms with Crippen LogP contribution in [0.25, 0.3) is 0 Å². The number of nitriles is 1. The van der Waals surface area contributed by atoms with E-state index in [1.165, 1.54) is 12.1 Å². The Hall–Kier alpha value is -1.74. The molecule has 1 unspecified atom stereocenters. The van der Waals surface area contributed by atoms with E-state index in [9.17, 15) is 13.5 Å². The Morgan fingerprint density at radius 1 is 1.53 bits per heavy atom. The number of rotatable bonds is 4. The van der Waals surface area contributed by atoms with E-state index >= 15 is 0 Å². The van der Waals surface area contributed by atoms with E-state index in [2.05, 4.69) is 4.72 Å². The normalized spacial score (nSPS) is 12.8. The van der Waals surface area contributed by atoms with Gasteiger partial charge in [0.2, 0.25) is 10.0 Å². The zero-order chi connectivity index (χ0) is 13.1. The zero-order valence-corrected chi connectivity index (χ0v) is 10.5. The molecule has 0 aliphatic heterocycles. The van der Waals surface area contributed by atoms with E-state index in [1.54, 1.807) is 26.0 Å². The Morgan fingerprint density at radius 3 is 2.65 bits per heavy atom. The number of anilines is 1. The minimum Gasteiger partial charge on any atom is -0.508 e. The topological polar surface area (TPSA) is 90.2 Å². The lowest BCUT2D eigenvalue weighted by molar-refractivity contribution is 0.471. The molecule has 1 aromatic rings. The molecule has 0 bridgehead atoms. The summed E-state index contributed by atoms with van der Waals surface area (Å²) < 4.78 is 25.8. The van der Waals surface area contributed by atoms with Crippen molar-refractivity contribution in [3.63, 3.8) is 0 Å². The second-order valence-electron chi connectivity index (χ2n) is 3.67. The van der Waals surface area contributed by atoms with Crippen LogP contribution in [0.4, 0.5) is 5.69 Å². The third-order valence-corrected chi connectivity index (χ3v) is 4.07. The number of phenolic OH excluding ortho intramolecular Hbond substituents is 1. The van der Waals surface area contributed by atoms with Crippen molar-refractivity contribution in [2.75, 3.05) is 4.72 Å². The maximum Gasteiger partial charge on any atom is 0.249 e. The van der Waals surface area contributed by atoms with Crippen molar-refractivity contribution in [2.24, 2.45) is 0 Å². The van der Waals surface area contributed by atoms with Crippen LogP contribution in [0.3, 0.4) is 0 Å². The van der Waals surface area contributed by atoms with Crippen molar-refractivity contribution in [1.82, 2.24) is 0 Å². The number of phenols is 1. The van der Waals surface area contributed by atoms with Gasteiger partial charge in [0.1, 0.15) is 5.75 Å². The summed E-state index contributed by atoms with van der Waals surface area (Å²) in [6.45, 7) is 3.33. The van der Waals surface area contributed by atoms with Crippen LogP contribution in [0.1, 0.15) is 18.9 Å². The van der Waals surface area contributed by atoms with Gasteiger partial charge in [0.05, 0.1) is 11.8 Å². The van der Waals surface area contributed by atoms with Gasteiger partial charge in [-0.1, -0.05) is 13.0 Å². The van der Waals surface area contributed by atoms with Crippen LogP contribution in [0.5, 0.6) is 5.75 Å². The highest BCUT2D eigenvalue weighted by atomic mass is 32.2. The number of sulfonamides is 1. The lowest BCUT2D eigenvalue weighted by Crippen LogP contribution is -2.25. The number of aryl methyl sites for hydroxylation is 1. The Labute approximate surface area is 101 Å². The monoisotopic (exact) mass is 254 g/mol. The van der Waals surface area contributed by atoms with E-state index in [1.807, 2.05) is 0 Å². The average Bonchev–Trinajstić information content (AvgIpc) is 2.24. The Balaban J connectivity index is 2.99. The molecule has 0 saturated carbocycles. The molecule has 17 heavy (non-hydrogen) atoms. The van der Waals surface area contributed by atoms with Crippen LogP contribution in [0.15, 0.2) is 18.2 Å². The third kappa shape index (κ3) is 3.11. The number of benzene rings is 1. The van der Waals surface area contributed by atoms with Gasteiger partial charge in [-0.05, 0) is 25.0 Å². The summed E-state index contributed by atoms with van der Waals surface area (Å²) >= 11 is 0. The number of hydrogen-bond donors (Lipinski definition) is 2. The predicted molar refractivity (Wildman–Crippen MR) is 65.1 cm³/mol. The minimum absolute atomic E-state index is 0.00945. The van der Waals surface area contributed by atoms with Crippen LogP contribution >= 0.6 is 0 Å². The maximum atomic E-state index is 11.7. The molecule has 0 aliphatic carbocycles. The Kier molecular flexibility index (Phi) is 3.97. The molecule has 1 rings (SSSR count). The number of aromatic hydroxyl groups is 1. The molecule has 1 aromatic carbocycles. The second kappa shape index (κ2) is 5.06. The smallest absolute Gasteiger partial charge is 0.249 e. The summed E-state index contributed by atoms with van der Waals surface area (Å²) in [7, 11) is -3.73.